The number of carbonyl (C=O) groups is 2. The Morgan fingerprint density at radius 1 is 1.47 bits per heavy atom. The van der Waals surface area contributed by atoms with Crippen LogP contribution in [-0.4, -0.2) is 61.8 Å². The summed E-state index contributed by atoms with van der Waals surface area (Å²) in [6.45, 7) is 4.24. The van der Waals surface area contributed by atoms with Crippen molar-refractivity contribution < 1.29 is 23.9 Å². The molecule has 0 unspecified atom stereocenters. The molecule has 0 bridgehead atoms. The maximum absolute atomic E-state index is 11.7. The number of nitrogens with zero attached hydrogens (tertiary/aromatic N) is 1. The summed E-state index contributed by atoms with van der Waals surface area (Å²) in [6.07, 6.45) is 0.590. The molecular weight excluding hydrogens is 252 g/mol. The van der Waals surface area contributed by atoms with Gasteiger partial charge in [-0.25, -0.2) is 5.48 Å². The van der Waals surface area contributed by atoms with Crippen molar-refractivity contribution >= 4 is 11.8 Å². The molecule has 0 aromatic carbocycles. The lowest BCUT2D eigenvalue weighted by molar-refractivity contribution is -0.172. The lowest BCUT2D eigenvalue weighted by Gasteiger charge is -2.28. The number of hydrogen-bond acceptors (Lipinski definition) is 5. The molecule has 2 aliphatic heterocycles. The van der Waals surface area contributed by atoms with Gasteiger partial charge in [0.15, 0.2) is 6.10 Å². The molecule has 0 aliphatic carbocycles. The van der Waals surface area contributed by atoms with Crippen molar-refractivity contribution in [2.45, 2.75) is 32.0 Å². The Labute approximate surface area is 112 Å². The molecule has 0 radical (unpaired) electrons. The number of hydroxylamine groups is 1. The average Bonchev–Trinajstić information content (AvgIpc) is 2.80. The quantitative estimate of drug-likeness (QED) is 0.537. The third-order valence-corrected chi connectivity index (χ3v) is 3.25. The summed E-state index contributed by atoms with van der Waals surface area (Å²) in [5.41, 5.74) is 2.34. The molecule has 2 atom stereocenters. The summed E-state index contributed by atoms with van der Waals surface area (Å²) in [7, 11) is 0. The number of likely N-dealkylation sites (tertiary alicyclic amines) is 1. The van der Waals surface area contributed by atoms with Crippen LogP contribution < -0.4 is 5.48 Å². The number of hydrogen-bond donors (Lipinski definition) is 1. The zero-order chi connectivity index (χ0) is 13.7. The average molecular weight is 272 g/mol. The molecule has 7 heteroatoms. The van der Waals surface area contributed by atoms with Crippen LogP contribution >= 0.6 is 0 Å². The first-order valence-corrected chi connectivity index (χ1v) is 6.61. The molecule has 108 valence electrons. The van der Waals surface area contributed by atoms with Crippen LogP contribution in [0.2, 0.25) is 0 Å². The van der Waals surface area contributed by atoms with E-state index >= 15 is 0 Å². The number of carbonyl (C=O) groups excluding carboxylic acids is 2. The molecule has 2 heterocycles. The fourth-order valence-corrected chi connectivity index (χ4v) is 2.20. The van der Waals surface area contributed by atoms with E-state index in [1.54, 1.807) is 11.8 Å². The van der Waals surface area contributed by atoms with Crippen molar-refractivity contribution in [1.82, 2.24) is 10.4 Å². The van der Waals surface area contributed by atoms with Crippen LogP contribution in [0.4, 0.5) is 0 Å². The molecule has 0 aromatic heterocycles. The summed E-state index contributed by atoms with van der Waals surface area (Å²) in [6, 6.07) is 0. The number of ether oxygens (including phenoxy) is 2. The summed E-state index contributed by atoms with van der Waals surface area (Å²) in [5.74, 6) is -0.201. The monoisotopic (exact) mass is 272 g/mol. The van der Waals surface area contributed by atoms with E-state index in [9.17, 15) is 9.59 Å². The van der Waals surface area contributed by atoms with Gasteiger partial charge >= 0.3 is 0 Å². The van der Waals surface area contributed by atoms with E-state index in [0.29, 0.717) is 26.2 Å². The number of amides is 2. The highest BCUT2D eigenvalue weighted by Crippen LogP contribution is 2.10. The van der Waals surface area contributed by atoms with E-state index in [2.05, 4.69) is 5.48 Å². The zero-order valence-corrected chi connectivity index (χ0v) is 11.1. The highest BCUT2D eigenvalue weighted by molar-refractivity contribution is 5.80. The van der Waals surface area contributed by atoms with Gasteiger partial charge in [-0.05, 0) is 13.3 Å². The third kappa shape index (κ3) is 3.89. The second-order valence-corrected chi connectivity index (χ2v) is 4.67. The van der Waals surface area contributed by atoms with Gasteiger partial charge in [0.05, 0.1) is 25.9 Å². The molecule has 2 aliphatic rings. The first kappa shape index (κ1) is 14.2. The van der Waals surface area contributed by atoms with E-state index in [0.717, 1.165) is 13.0 Å². The molecule has 2 fully saturated rings. The fraction of sp³-hybridized carbons (Fsp3) is 0.833. The normalized spacial score (nSPS) is 27.6. The molecule has 0 spiro atoms. The first-order valence-electron chi connectivity index (χ1n) is 6.61. The molecule has 7 nitrogen and oxygen atoms in total. The van der Waals surface area contributed by atoms with Crippen molar-refractivity contribution in [2.24, 2.45) is 0 Å². The summed E-state index contributed by atoms with van der Waals surface area (Å²) in [5, 5.41) is 0. The topological polar surface area (TPSA) is 77.1 Å². The van der Waals surface area contributed by atoms with Crippen molar-refractivity contribution in [3.05, 3.63) is 0 Å². The van der Waals surface area contributed by atoms with Gasteiger partial charge in [-0.1, -0.05) is 0 Å². The van der Waals surface area contributed by atoms with Crippen molar-refractivity contribution in [3.63, 3.8) is 0 Å². The van der Waals surface area contributed by atoms with E-state index in [-0.39, 0.29) is 24.5 Å². The number of nitrogens with one attached hydrogen (secondary N) is 1. The van der Waals surface area contributed by atoms with Crippen molar-refractivity contribution in [2.75, 3.05) is 32.9 Å². The molecule has 1 N–H and O–H groups in total. The fourth-order valence-electron chi connectivity index (χ4n) is 2.20. The van der Waals surface area contributed by atoms with E-state index in [1.165, 1.54) is 0 Å². The van der Waals surface area contributed by atoms with Gasteiger partial charge in [0, 0.05) is 19.5 Å². The van der Waals surface area contributed by atoms with Gasteiger partial charge in [0.2, 0.25) is 5.91 Å². The highest BCUT2D eigenvalue weighted by atomic mass is 16.7. The first-order chi connectivity index (χ1) is 9.18. The molecule has 0 saturated carbocycles. The Kier molecular flexibility index (Phi) is 5.12. The van der Waals surface area contributed by atoms with Crippen LogP contribution in [0.3, 0.4) is 0 Å². The van der Waals surface area contributed by atoms with Crippen molar-refractivity contribution in [1.29, 1.82) is 0 Å². The maximum atomic E-state index is 11.7. The molecule has 19 heavy (non-hydrogen) atoms. The standard InChI is InChI=1S/C12H20N2O5/c1-9-11(18-8-7-17-9)12(16)13-19-6-5-14-4-2-3-10(14)15/h9,11H,2-8H2,1H3,(H,13,16)/t9-,11-/m0/s1. The van der Waals surface area contributed by atoms with Gasteiger partial charge in [-0.2, -0.15) is 0 Å². The minimum Gasteiger partial charge on any atom is -0.373 e. The largest absolute Gasteiger partial charge is 0.373 e. The molecule has 0 aromatic rings. The third-order valence-electron chi connectivity index (χ3n) is 3.25. The minimum absolute atomic E-state index is 0.146. The van der Waals surface area contributed by atoms with Crippen LogP contribution in [0, 0.1) is 0 Å². The second kappa shape index (κ2) is 6.83. The van der Waals surface area contributed by atoms with Gasteiger partial charge in [-0.15, -0.1) is 0 Å². The lowest BCUT2D eigenvalue weighted by Crippen LogP contribution is -2.47. The summed E-state index contributed by atoms with van der Waals surface area (Å²) < 4.78 is 10.6. The van der Waals surface area contributed by atoms with E-state index in [1.807, 2.05) is 0 Å². The van der Waals surface area contributed by atoms with Crippen LogP contribution in [0.15, 0.2) is 0 Å². The summed E-state index contributed by atoms with van der Waals surface area (Å²) >= 11 is 0. The zero-order valence-electron chi connectivity index (χ0n) is 11.1. The van der Waals surface area contributed by atoms with Gasteiger partial charge in [-0.3, -0.25) is 14.4 Å². The molecule has 2 rings (SSSR count). The Hall–Kier alpha value is -1.18. The smallest absolute Gasteiger partial charge is 0.275 e. The van der Waals surface area contributed by atoms with Crippen molar-refractivity contribution in [3.8, 4) is 0 Å². The Morgan fingerprint density at radius 3 is 2.95 bits per heavy atom. The number of rotatable bonds is 5. The Balaban J connectivity index is 1.62. The Morgan fingerprint density at radius 2 is 2.26 bits per heavy atom. The Bertz CT molecular complexity index is 336. The van der Waals surface area contributed by atoms with Gasteiger partial charge < -0.3 is 14.4 Å². The van der Waals surface area contributed by atoms with Gasteiger partial charge in [0.25, 0.3) is 5.91 Å². The second-order valence-electron chi connectivity index (χ2n) is 4.67. The highest BCUT2D eigenvalue weighted by Gasteiger charge is 2.30. The maximum Gasteiger partial charge on any atom is 0.275 e. The van der Waals surface area contributed by atoms with Crippen LogP contribution in [-0.2, 0) is 23.9 Å². The molecule has 2 amide bonds. The van der Waals surface area contributed by atoms with Crippen LogP contribution in [0.5, 0.6) is 0 Å². The van der Waals surface area contributed by atoms with E-state index < -0.39 is 6.10 Å². The van der Waals surface area contributed by atoms with Crippen LogP contribution in [0.1, 0.15) is 19.8 Å². The van der Waals surface area contributed by atoms with Gasteiger partial charge in [0.1, 0.15) is 0 Å². The predicted molar refractivity (Wildman–Crippen MR) is 65.1 cm³/mol. The predicted octanol–water partition coefficient (Wildman–Crippen LogP) is -0.539. The van der Waals surface area contributed by atoms with Crippen LogP contribution in [0.25, 0.3) is 0 Å². The SMILES string of the molecule is C[C@@H]1OCCO[C@@H]1C(=O)NOCCN1CCCC1=O. The minimum atomic E-state index is -0.637. The molecule has 2 saturated heterocycles. The summed E-state index contributed by atoms with van der Waals surface area (Å²) in [4.78, 5) is 29.9. The molecular formula is C12H20N2O5. The lowest BCUT2D eigenvalue weighted by atomic mass is 10.2. The van der Waals surface area contributed by atoms with E-state index in [4.69, 9.17) is 14.3 Å².